The van der Waals surface area contributed by atoms with E-state index in [1.165, 1.54) is 0 Å². The number of nitrogens with one attached hydrogen (secondary N) is 2. The average Bonchev–Trinajstić information content (AvgIpc) is 3.13. The highest BCUT2D eigenvalue weighted by Crippen LogP contribution is 2.23. The fourth-order valence-electron chi connectivity index (χ4n) is 1.92. The van der Waals surface area contributed by atoms with Gasteiger partial charge in [-0.15, -0.1) is 11.3 Å². The van der Waals surface area contributed by atoms with Gasteiger partial charge in [-0.3, -0.25) is 0 Å². The van der Waals surface area contributed by atoms with Crippen molar-refractivity contribution in [1.29, 1.82) is 0 Å². The van der Waals surface area contributed by atoms with Gasteiger partial charge >= 0.3 is 0 Å². The number of nitrogens with zero attached hydrogens (tertiary/aromatic N) is 2. The highest BCUT2D eigenvalue weighted by atomic mass is 32.1. The van der Waals surface area contributed by atoms with Crippen LogP contribution in [0.5, 0.6) is 0 Å². The molecule has 0 amide bonds. The largest absolute Gasteiger partial charge is 0.376 e. The molecule has 1 unspecified atom stereocenters. The van der Waals surface area contributed by atoms with E-state index in [2.05, 4.69) is 51.5 Å². The molecule has 0 aliphatic carbocycles. The predicted octanol–water partition coefficient (Wildman–Crippen LogP) is 3.71. The van der Waals surface area contributed by atoms with Gasteiger partial charge < -0.3 is 10.3 Å². The zero-order chi connectivity index (χ0) is 13.1. The molecule has 1 atom stereocenters. The minimum atomic E-state index is 0.220. The van der Waals surface area contributed by atoms with Gasteiger partial charge in [0.25, 0.3) is 0 Å². The van der Waals surface area contributed by atoms with Crippen molar-refractivity contribution in [2.75, 3.05) is 5.32 Å². The van der Waals surface area contributed by atoms with E-state index >= 15 is 0 Å². The lowest BCUT2D eigenvalue weighted by Crippen LogP contribution is -2.05. The summed E-state index contributed by atoms with van der Waals surface area (Å²) in [5, 5.41) is 6.53. The lowest BCUT2D eigenvalue weighted by atomic mass is 10.1. The van der Waals surface area contributed by atoms with E-state index in [-0.39, 0.29) is 6.04 Å². The summed E-state index contributed by atoms with van der Waals surface area (Å²) in [6, 6.07) is 8.51. The van der Waals surface area contributed by atoms with Crippen LogP contribution in [0.1, 0.15) is 18.0 Å². The molecule has 1 aromatic carbocycles. The zero-order valence-corrected chi connectivity index (χ0v) is 11.3. The summed E-state index contributed by atoms with van der Waals surface area (Å²) >= 11 is 1.66. The molecule has 2 N–H and O–H groups in total. The van der Waals surface area contributed by atoms with Crippen molar-refractivity contribution < 1.29 is 0 Å². The van der Waals surface area contributed by atoms with E-state index in [4.69, 9.17) is 0 Å². The molecule has 19 heavy (non-hydrogen) atoms. The Hall–Kier alpha value is -2.14. The van der Waals surface area contributed by atoms with Crippen LogP contribution in [0, 0.1) is 0 Å². The van der Waals surface area contributed by atoms with Crippen LogP contribution in [-0.4, -0.2) is 15.0 Å². The van der Waals surface area contributed by atoms with Crippen molar-refractivity contribution in [2.45, 2.75) is 13.0 Å². The molecule has 2 aromatic heterocycles. The van der Waals surface area contributed by atoms with Crippen LogP contribution in [0.3, 0.4) is 0 Å². The average molecular weight is 270 g/mol. The molecule has 0 saturated heterocycles. The van der Waals surface area contributed by atoms with E-state index < -0.39 is 0 Å². The Morgan fingerprint density at radius 1 is 1.26 bits per heavy atom. The summed E-state index contributed by atoms with van der Waals surface area (Å²) < 4.78 is 0. The normalized spacial score (nSPS) is 12.3. The quantitative estimate of drug-likeness (QED) is 0.760. The third-order valence-corrected chi connectivity index (χ3v) is 3.86. The van der Waals surface area contributed by atoms with Crippen LogP contribution in [0.25, 0.3) is 11.3 Å². The first-order valence-corrected chi connectivity index (χ1v) is 6.95. The molecule has 4 nitrogen and oxygen atoms in total. The van der Waals surface area contributed by atoms with Gasteiger partial charge in [-0.05, 0) is 24.6 Å². The van der Waals surface area contributed by atoms with Gasteiger partial charge in [0, 0.05) is 17.3 Å². The maximum absolute atomic E-state index is 4.31. The number of rotatable bonds is 4. The van der Waals surface area contributed by atoms with Gasteiger partial charge in [0.05, 0.1) is 24.3 Å². The number of hydrogen-bond donors (Lipinski definition) is 2. The summed E-state index contributed by atoms with van der Waals surface area (Å²) in [6.45, 7) is 2.11. The topological polar surface area (TPSA) is 53.6 Å². The fourth-order valence-corrected chi connectivity index (χ4v) is 2.57. The molecule has 0 aliphatic rings. The van der Waals surface area contributed by atoms with Crippen molar-refractivity contribution in [1.82, 2.24) is 15.0 Å². The molecule has 96 valence electrons. The van der Waals surface area contributed by atoms with E-state index in [0.717, 1.165) is 22.0 Å². The molecule has 0 aliphatic heterocycles. The van der Waals surface area contributed by atoms with E-state index in [0.29, 0.717) is 0 Å². The van der Waals surface area contributed by atoms with Gasteiger partial charge in [-0.2, -0.15) is 0 Å². The minimum absolute atomic E-state index is 0.220. The van der Waals surface area contributed by atoms with Crippen molar-refractivity contribution in [3.63, 3.8) is 0 Å². The van der Waals surface area contributed by atoms with E-state index in [9.17, 15) is 0 Å². The highest BCUT2D eigenvalue weighted by molar-refractivity contribution is 7.09. The monoisotopic (exact) mass is 270 g/mol. The first-order chi connectivity index (χ1) is 9.33. The summed E-state index contributed by atoms with van der Waals surface area (Å²) in [5.41, 5.74) is 3.25. The molecule has 0 spiro atoms. The van der Waals surface area contributed by atoms with Crippen LogP contribution in [0.4, 0.5) is 5.69 Å². The summed E-state index contributed by atoms with van der Waals surface area (Å²) in [7, 11) is 0. The Morgan fingerprint density at radius 2 is 2.11 bits per heavy atom. The summed E-state index contributed by atoms with van der Waals surface area (Å²) in [4.78, 5) is 11.4. The standard InChI is InChI=1S/C14H14N4S/c1-10(14-16-6-7-19-14)18-12-4-2-11(3-5-12)13-8-15-9-17-13/h2-10,18H,1H3,(H,15,17). The molecule has 0 fully saturated rings. The molecule has 0 radical (unpaired) electrons. The van der Waals surface area contributed by atoms with E-state index in [1.54, 1.807) is 17.7 Å². The van der Waals surface area contributed by atoms with Crippen LogP contribution in [-0.2, 0) is 0 Å². The molecule has 0 saturated carbocycles. The SMILES string of the molecule is CC(Nc1ccc(-c2cnc[nH]2)cc1)c1nccs1. The molecule has 3 rings (SSSR count). The third-order valence-electron chi connectivity index (χ3n) is 2.90. The van der Waals surface area contributed by atoms with Gasteiger partial charge in [-0.25, -0.2) is 9.97 Å². The lowest BCUT2D eigenvalue weighted by molar-refractivity contribution is 0.870. The van der Waals surface area contributed by atoms with Crippen molar-refractivity contribution in [3.8, 4) is 11.3 Å². The maximum Gasteiger partial charge on any atom is 0.115 e. The molecule has 3 aromatic rings. The predicted molar refractivity (Wildman–Crippen MR) is 78.2 cm³/mol. The Labute approximate surface area is 115 Å². The van der Waals surface area contributed by atoms with Gasteiger partial charge in [0.1, 0.15) is 5.01 Å². The van der Waals surface area contributed by atoms with E-state index in [1.807, 2.05) is 17.8 Å². The maximum atomic E-state index is 4.31. The van der Waals surface area contributed by atoms with Gasteiger partial charge in [0.2, 0.25) is 0 Å². The second-order valence-corrected chi connectivity index (χ2v) is 5.21. The van der Waals surface area contributed by atoms with Gasteiger partial charge in [0.15, 0.2) is 0 Å². The number of H-pyrrole nitrogens is 1. The number of anilines is 1. The Kier molecular flexibility index (Phi) is 3.29. The van der Waals surface area contributed by atoms with Crippen LogP contribution >= 0.6 is 11.3 Å². The summed E-state index contributed by atoms with van der Waals surface area (Å²) in [6.07, 6.45) is 5.34. The second-order valence-electron chi connectivity index (χ2n) is 4.28. The number of imidazole rings is 1. The number of hydrogen-bond acceptors (Lipinski definition) is 4. The first-order valence-electron chi connectivity index (χ1n) is 6.07. The van der Waals surface area contributed by atoms with Crippen molar-refractivity contribution >= 4 is 17.0 Å². The number of aromatic nitrogens is 3. The number of aromatic amines is 1. The Bertz CT molecular complexity index is 614. The van der Waals surface area contributed by atoms with Gasteiger partial charge in [-0.1, -0.05) is 12.1 Å². The second kappa shape index (κ2) is 5.24. The van der Waals surface area contributed by atoms with Crippen molar-refractivity contribution in [2.24, 2.45) is 0 Å². The first kappa shape index (κ1) is 11.9. The third kappa shape index (κ3) is 2.66. The smallest absolute Gasteiger partial charge is 0.115 e. The van der Waals surface area contributed by atoms with Crippen LogP contribution in [0.2, 0.25) is 0 Å². The Balaban J connectivity index is 1.73. The zero-order valence-electron chi connectivity index (χ0n) is 10.5. The van der Waals surface area contributed by atoms with Crippen LogP contribution < -0.4 is 5.32 Å². The summed E-state index contributed by atoms with van der Waals surface area (Å²) in [5.74, 6) is 0. The fraction of sp³-hybridized carbons (Fsp3) is 0.143. The molecule has 5 heteroatoms. The number of benzene rings is 1. The van der Waals surface area contributed by atoms with Crippen LogP contribution in [0.15, 0.2) is 48.4 Å². The lowest BCUT2D eigenvalue weighted by Gasteiger charge is -2.12. The Morgan fingerprint density at radius 3 is 2.74 bits per heavy atom. The molecule has 2 heterocycles. The molecular formula is C14H14N4S. The number of thiazole rings is 1. The molecular weight excluding hydrogens is 256 g/mol. The highest BCUT2D eigenvalue weighted by Gasteiger charge is 2.07. The molecule has 0 bridgehead atoms. The van der Waals surface area contributed by atoms with Crippen molar-refractivity contribution in [3.05, 3.63) is 53.4 Å². The minimum Gasteiger partial charge on any atom is -0.376 e.